The van der Waals surface area contributed by atoms with Crippen LogP contribution in [-0.2, 0) is 0 Å². The molecule has 1 fully saturated rings. The molecule has 1 aromatic heterocycles. The summed E-state index contributed by atoms with van der Waals surface area (Å²) in [6, 6.07) is 0.662. The van der Waals surface area contributed by atoms with Crippen LogP contribution in [0.25, 0.3) is 0 Å². The first kappa shape index (κ1) is 12.6. The highest BCUT2D eigenvalue weighted by Gasteiger charge is 2.22. The third-order valence-electron chi connectivity index (χ3n) is 3.46. The van der Waals surface area contributed by atoms with Crippen LogP contribution in [0.3, 0.4) is 0 Å². The van der Waals surface area contributed by atoms with Crippen LogP contribution in [0.1, 0.15) is 20.3 Å². The maximum Gasteiger partial charge on any atom is 0.171 e. The number of piperazine rings is 1. The molecule has 17 heavy (non-hydrogen) atoms. The predicted molar refractivity (Wildman–Crippen MR) is 70.6 cm³/mol. The van der Waals surface area contributed by atoms with Gasteiger partial charge in [-0.15, -0.1) is 0 Å². The molecule has 4 nitrogen and oxygen atoms in total. The van der Waals surface area contributed by atoms with Crippen molar-refractivity contribution in [3.05, 3.63) is 17.5 Å². The fourth-order valence-electron chi connectivity index (χ4n) is 2.16. The molecule has 0 saturated carbocycles. The Morgan fingerprint density at radius 3 is 2.47 bits per heavy atom. The molecule has 94 valence electrons. The van der Waals surface area contributed by atoms with E-state index in [4.69, 9.17) is 11.6 Å². The van der Waals surface area contributed by atoms with Crippen molar-refractivity contribution in [2.75, 3.05) is 31.1 Å². The van der Waals surface area contributed by atoms with Gasteiger partial charge in [0.25, 0.3) is 0 Å². The third kappa shape index (κ3) is 2.87. The molecule has 0 amide bonds. The molecule has 1 atom stereocenters. The molecule has 1 aliphatic heterocycles. The fraction of sp³-hybridized carbons (Fsp3) is 0.667. The lowest BCUT2D eigenvalue weighted by Crippen LogP contribution is -2.49. The van der Waals surface area contributed by atoms with E-state index >= 15 is 0 Å². The van der Waals surface area contributed by atoms with Crippen molar-refractivity contribution in [3.63, 3.8) is 0 Å². The van der Waals surface area contributed by atoms with E-state index in [0.29, 0.717) is 11.2 Å². The number of rotatable bonds is 3. The summed E-state index contributed by atoms with van der Waals surface area (Å²) < 4.78 is 0. The van der Waals surface area contributed by atoms with E-state index < -0.39 is 0 Å². The molecule has 0 bridgehead atoms. The van der Waals surface area contributed by atoms with Gasteiger partial charge in [0.1, 0.15) is 0 Å². The second-order valence-corrected chi connectivity index (χ2v) is 4.81. The average Bonchev–Trinajstić information content (AvgIpc) is 2.39. The normalized spacial score (nSPS) is 19.4. The van der Waals surface area contributed by atoms with Crippen molar-refractivity contribution in [2.45, 2.75) is 26.3 Å². The van der Waals surface area contributed by atoms with Crippen LogP contribution < -0.4 is 4.90 Å². The zero-order valence-corrected chi connectivity index (χ0v) is 11.2. The van der Waals surface area contributed by atoms with Gasteiger partial charge in [-0.2, -0.15) is 0 Å². The standard InChI is InChI=1S/C12H19ClN4/c1-3-10(2)16-6-8-17(9-7-16)12-11(13)14-4-5-15-12/h4-5,10H,3,6-9H2,1-2H3. The Hall–Kier alpha value is -0.870. The summed E-state index contributed by atoms with van der Waals surface area (Å²) >= 11 is 6.05. The maximum atomic E-state index is 6.05. The van der Waals surface area contributed by atoms with Crippen molar-refractivity contribution in [1.82, 2.24) is 14.9 Å². The van der Waals surface area contributed by atoms with E-state index in [0.717, 1.165) is 32.0 Å². The van der Waals surface area contributed by atoms with Crippen LogP contribution in [0.15, 0.2) is 12.4 Å². The zero-order chi connectivity index (χ0) is 12.3. The van der Waals surface area contributed by atoms with Crippen molar-refractivity contribution in [3.8, 4) is 0 Å². The monoisotopic (exact) mass is 254 g/mol. The smallest absolute Gasteiger partial charge is 0.171 e. The van der Waals surface area contributed by atoms with Gasteiger partial charge >= 0.3 is 0 Å². The Morgan fingerprint density at radius 2 is 1.88 bits per heavy atom. The van der Waals surface area contributed by atoms with Crippen LogP contribution in [0.4, 0.5) is 5.82 Å². The van der Waals surface area contributed by atoms with Gasteiger partial charge in [-0.1, -0.05) is 18.5 Å². The zero-order valence-electron chi connectivity index (χ0n) is 10.4. The Balaban J connectivity index is 1.98. The van der Waals surface area contributed by atoms with Crippen LogP contribution >= 0.6 is 11.6 Å². The average molecular weight is 255 g/mol. The molecule has 0 aromatic carbocycles. The number of hydrogen-bond acceptors (Lipinski definition) is 4. The van der Waals surface area contributed by atoms with Crippen LogP contribution in [-0.4, -0.2) is 47.1 Å². The van der Waals surface area contributed by atoms with Crippen LogP contribution in [0.2, 0.25) is 5.15 Å². The minimum Gasteiger partial charge on any atom is -0.351 e. The predicted octanol–water partition coefficient (Wildman–Crippen LogP) is 2.05. The highest BCUT2D eigenvalue weighted by atomic mass is 35.5. The second kappa shape index (κ2) is 5.65. The lowest BCUT2D eigenvalue weighted by Gasteiger charge is -2.38. The first-order valence-corrected chi connectivity index (χ1v) is 6.55. The van der Waals surface area contributed by atoms with Crippen molar-refractivity contribution in [2.24, 2.45) is 0 Å². The first-order valence-electron chi connectivity index (χ1n) is 6.18. The molecular weight excluding hydrogens is 236 g/mol. The summed E-state index contributed by atoms with van der Waals surface area (Å²) in [6.45, 7) is 8.61. The van der Waals surface area contributed by atoms with Crippen molar-refractivity contribution < 1.29 is 0 Å². The molecule has 0 aliphatic carbocycles. The third-order valence-corrected chi connectivity index (χ3v) is 3.73. The Kier molecular flexibility index (Phi) is 4.18. The molecule has 2 rings (SSSR count). The van der Waals surface area contributed by atoms with Crippen LogP contribution in [0.5, 0.6) is 0 Å². The molecule has 1 unspecified atom stereocenters. The second-order valence-electron chi connectivity index (χ2n) is 4.45. The number of aromatic nitrogens is 2. The SMILES string of the molecule is CCC(C)N1CCN(c2nccnc2Cl)CC1. The van der Waals surface area contributed by atoms with Gasteiger partial charge in [0.2, 0.25) is 0 Å². The van der Waals surface area contributed by atoms with E-state index in [9.17, 15) is 0 Å². The molecule has 1 aromatic rings. The lowest BCUT2D eigenvalue weighted by molar-refractivity contribution is 0.192. The largest absolute Gasteiger partial charge is 0.351 e. The molecule has 5 heteroatoms. The van der Waals surface area contributed by atoms with Crippen molar-refractivity contribution in [1.29, 1.82) is 0 Å². The fourth-order valence-corrected chi connectivity index (χ4v) is 2.38. The highest BCUT2D eigenvalue weighted by molar-refractivity contribution is 6.31. The van der Waals surface area contributed by atoms with Gasteiger partial charge in [0.15, 0.2) is 11.0 Å². The highest BCUT2D eigenvalue weighted by Crippen LogP contribution is 2.21. The summed E-state index contributed by atoms with van der Waals surface area (Å²) in [5, 5.41) is 0.504. The lowest BCUT2D eigenvalue weighted by atomic mass is 10.2. The van der Waals surface area contributed by atoms with E-state index in [2.05, 4.69) is 33.6 Å². The summed E-state index contributed by atoms with van der Waals surface area (Å²) in [5.74, 6) is 0.818. The molecule has 0 N–H and O–H groups in total. The number of anilines is 1. The Labute approximate surface area is 108 Å². The Morgan fingerprint density at radius 1 is 1.24 bits per heavy atom. The minimum absolute atomic E-state index is 0.504. The van der Waals surface area contributed by atoms with Gasteiger partial charge in [-0.25, -0.2) is 9.97 Å². The quantitative estimate of drug-likeness (QED) is 0.827. The number of halogens is 1. The van der Waals surface area contributed by atoms with E-state index in [-0.39, 0.29) is 0 Å². The molecular formula is C12H19ClN4. The molecule has 0 spiro atoms. The minimum atomic E-state index is 0.504. The van der Waals surface area contributed by atoms with E-state index in [1.165, 1.54) is 6.42 Å². The van der Waals surface area contributed by atoms with Gasteiger partial charge in [0.05, 0.1) is 0 Å². The van der Waals surface area contributed by atoms with Crippen LogP contribution in [0, 0.1) is 0 Å². The molecule has 0 radical (unpaired) electrons. The van der Waals surface area contributed by atoms with Crippen molar-refractivity contribution >= 4 is 17.4 Å². The Bertz CT molecular complexity index is 363. The summed E-state index contributed by atoms with van der Waals surface area (Å²) in [6.07, 6.45) is 4.52. The first-order chi connectivity index (χ1) is 8.22. The van der Waals surface area contributed by atoms with Gasteiger partial charge in [-0.3, -0.25) is 4.90 Å². The van der Waals surface area contributed by atoms with E-state index in [1.807, 2.05) is 0 Å². The molecule has 1 saturated heterocycles. The number of nitrogens with zero attached hydrogens (tertiary/aromatic N) is 4. The summed E-state index contributed by atoms with van der Waals surface area (Å²) in [5.41, 5.74) is 0. The van der Waals surface area contributed by atoms with Gasteiger partial charge in [-0.05, 0) is 13.3 Å². The molecule has 1 aliphatic rings. The summed E-state index contributed by atoms with van der Waals surface area (Å²) in [4.78, 5) is 13.1. The summed E-state index contributed by atoms with van der Waals surface area (Å²) in [7, 11) is 0. The van der Waals surface area contributed by atoms with Gasteiger partial charge in [0, 0.05) is 44.6 Å². The maximum absolute atomic E-state index is 6.05. The number of hydrogen-bond donors (Lipinski definition) is 0. The van der Waals surface area contributed by atoms with Gasteiger partial charge < -0.3 is 4.90 Å². The molecule has 2 heterocycles. The topological polar surface area (TPSA) is 32.3 Å². The van der Waals surface area contributed by atoms with E-state index in [1.54, 1.807) is 12.4 Å².